The maximum Gasteiger partial charge on any atom is 0.293 e. The van der Waals surface area contributed by atoms with Gasteiger partial charge < -0.3 is 14.8 Å². The van der Waals surface area contributed by atoms with E-state index < -0.39 is 0 Å². The number of methoxy groups -OCH3 is 1. The van der Waals surface area contributed by atoms with Gasteiger partial charge in [-0.1, -0.05) is 6.07 Å². The number of thioether (sulfide) groups is 1. The van der Waals surface area contributed by atoms with Crippen molar-refractivity contribution in [3.8, 4) is 11.5 Å². The van der Waals surface area contributed by atoms with Crippen molar-refractivity contribution in [1.82, 2.24) is 10.2 Å². The molecule has 0 atom stereocenters. The second-order valence-corrected chi connectivity index (χ2v) is 11.1. The zero-order valence-electron chi connectivity index (χ0n) is 19.8. The molecule has 4 bridgehead atoms. The first-order chi connectivity index (χ1) is 16.4. The highest BCUT2D eigenvalue weighted by atomic mass is 32.2. The van der Waals surface area contributed by atoms with Crippen LogP contribution in [0.2, 0.25) is 0 Å². The molecule has 6 rings (SSSR count). The fourth-order valence-corrected chi connectivity index (χ4v) is 7.62. The van der Waals surface area contributed by atoms with Crippen LogP contribution < -0.4 is 14.8 Å². The number of amides is 3. The molecule has 4 saturated carbocycles. The summed E-state index contributed by atoms with van der Waals surface area (Å²) in [6.45, 7) is 2.90. The van der Waals surface area contributed by atoms with Gasteiger partial charge in [0.05, 0.1) is 18.6 Å². The molecule has 1 aromatic rings. The van der Waals surface area contributed by atoms with E-state index in [0.717, 1.165) is 36.6 Å². The molecule has 0 spiro atoms. The van der Waals surface area contributed by atoms with Crippen LogP contribution >= 0.6 is 11.8 Å². The van der Waals surface area contributed by atoms with Crippen LogP contribution in [0.25, 0.3) is 6.08 Å². The lowest BCUT2D eigenvalue weighted by molar-refractivity contribution is -0.146. The second kappa shape index (κ2) is 9.29. The number of carbonyl (C=O) groups excluding carboxylic acids is 3. The highest BCUT2D eigenvalue weighted by molar-refractivity contribution is 8.18. The van der Waals surface area contributed by atoms with E-state index in [4.69, 9.17) is 9.47 Å². The van der Waals surface area contributed by atoms with E-state index in [1.807, 2.05) is 13.0 Å². The average Bonchev–Trinajstić information content (AvgIpc) is 3.06. The fraction of sp³-hybridized carbons (Fsp3) is 0.577. The van der Waals surface area contributed by atoms with Crippen molar-refractivity contribution in [2.24, 2.45) is 23.2 Å². The minimum atomic E-state index is -0.327. The van der Waals surface area contributed by atoms with Gasteiger partial charge in [0.25, 0.3) is 11.1 Å². The molecule has 3 amide bonds. The summed E-state index contributed by atoms with van der Waals surface area (Å²) in [5.41, 5.74) is 0.529. The molecule has 1 aromatic carbocycles. The monoisotopic (exact) mass is 484 g/mol. The lowest BCUT2D eigenvalue weighted by Crippen LogP contribution is -2.54. The Morgan fingerprint density at radius 1 is 1.15 bits per heavy atom. The van der Waals surface area contributed by atoms with Gasteiger partial charge in [-0.3, -0.25) is 19.3 Å². The van der Waals surface area contributed by atoms with Crippen molar-refractivity contribution < 1.29 is 23.9 Å². The van der Waals surface area contributed by atoms with Crippen molar-refractivity contribution in [2.75, 3.05) is 26.8 Å². The summed E-state index contributed by atoms with van der Waals surface area (Å²) in [7, 11) is 1.56. The summed E-state index contributed by atoms with van der Waals surface area (Å²) in [6.07, 6.45) is 8.56. The number of nitrogens with one attached hydrogen (secondary N) is 1. The van der Waals surface area contributed by atoms with Crippen LogP contribution in [0.1, 0.15) is 51.0 Å². The number of imide groups is 1. The van der Waals surface area contributed by atoms with Gasteiger partial charge in [0, 0.05) is 18.5 Å². The molecule has 5 fully saturated rings. The van der Waals surface area contributed by atoms with Crippen LogP contribution in [0, 0.1) is 23.2 Å². The van der Waals surface area contributed by atoms with Gasteiger partial charge in [0.1, 0.15) is 0 Å². The largest absolute Gasteiger partial charge is 0.493 e. The number of nitrogens with zero attached hydrogens (tertiary/aromatic N) is 1. The number of ether oxygens (including phenoxy) is 2. The lowest BCUT2D eigenvalue weighted by atomic mass is 9.49. The number of rotatable bonds is 8. The smallest absolute Gasteiger partial charge is 0.293 e. The molecule has 182 valence electrons. The highest BCUT2D eigenvalue weighted by Crippen LogP contribution is 2.60. The molecule has 1 aliphatic heterocycles. The Morgan fingerprint density at radius 2 is 1.82 bits per heavy atom. The Hall–Kier alpha value is -2.48. The van der Waals surface area contributed by atoms with Gasteiger partial charge in [-0.25, -0.2) is 0 Å². The van der Waals surface area contributed by atoms with Crippen LogP contribution in [-0.4, -0.2) is 48.8 Å². The van der Waals surface area contributed by atoms with E-state index in [1.54, 1.807) is 25.3 Å². The number of benzene rings is 1. The Bertz CT molecular complexity index is 1000. The summed E-state index contributed by atoms with van der Waals surface area (Å²) < 4.78 is 10.9. The Morgan fingerprint density at radius 3 is 2.44 bits per heavy atom. The van der Waals surface area contributed by atoms with Crippen molar-refractivity contribution >= 4 is 34.9 Å². The van der Waals surface area contributed by atoms with Crippen LogP contribution in [0.3, 0.4) is 0 Å². The summed E-state index contributed by atoms with van der Waals surface area (Å²) >= 11 is 0.924. The first-order valence-corrected chi connectivity index (χ1v) is 13.1. The number of hydrogen-bond acceptors (Lipinski definition) is 6. The summed E-state index contributed by atoms with van der Waals surface area (Å²) in [6, 6.07) is 5.40. The van der Waals surface area contributed by atoms with Crippen molar-refractivity contribution in [3.05, 3.63) is 28.7 Å². The van der Waals surface area contributed by atoms with Gasteiger partial charge >= 0.3 is 0 Å². The van der Waals surface area contributed by atoms with E-state index in [9.17, 15) is 14.4 Å². The van der Waals surface area contributed by atoms with Crippen LogP contribution in [0.4, 0.5) is 4.79 Å². The minimum Gasteiger partial charge on any atom is -0.493 e. The van der Waals surface area contributed by atoms with E-state index >= 15 is 0 Å². The van der Waals surface area contributed by atoms with Crippen LogP contribution in [0.15, 0.2) is 23.1 Å². The number of hydrogen-bond donors (Lipinski definition) is 1. The molecule has 4 aliphatic carbocycles. The predicted octanol–water partition coefficient (Wildman–Crippen LogP) is 4.46. The zero-order valence-corrected chi connectivity index (χ0v) is 20.6. The molecular formula is C26H32N2O5S. The Labute approximate surface area is 204 Å². The third-order valence-corrected chi connectivity index (χ3v) is 8.71. The molecule has 5 aliphatic rings. The number of carbonyl (C=O) groups is 3. The van der Waals surface area contributed by atoms with E-state index in [-0.39, 0.29) is 29.0 Å². The normalized spacial score (nSPS) is 30.8. The third-order valence-electron chi connectivity index (χ3n) is 7.80. The topological polar surface area (TPSA) is 84.9 Å². The van der Waals surface area contributed by atoms with E-state index in [1.165, 1.54) is 24.2 Å². The van der Waals surface area contributed by atoms with Gasteiger partial charge in [-0.2, -0.15) is 0 Å². The van der Waals surface area contributed by atoms with Crippen LogP contribution in [-0.2, 0) is 9.59 Å². The van der Waals surface area contributed by atoms with Crippen LogP contribution in [0.5, 0.6) is 11.5 Å². The quantitative estimate of drug-likeness (QED) is 0.549. The molecule has 1 saturated heterocycles. The maximum atomic E-state index is 13.1. The molecule has 34 heavy (non-hydrogen) atoms. The lowest BCUT2D eigenvalue weighted by Gasteiger charge is -2.55. The first-order valence-electron chi connectivity index (χ1n) is 12.3. The predicted molar refractivity (Wildman–Crippen MR) is 130 cm³/mol. The minimum absolute atomic E-state index is 0.121. The highest BCUT2D eigenvalue weighted by Gasteiger charge is 2.54. The fourth-order valence-electron chi connectivity index (χ4n) is 6.75. The molecule has 1 N–H and O–H groups in total. The van der Waals surface area contributed by atoms with Gasteiger partial charge in [0.15, 0.2) is 11.5 Å². The van der Waals surface area contributed by atoms with Crippen molar-refractivity contribution in [1.29, 1.82) is 0 Å². The molecule has 0 radical (unpaired) electrons. The third kappa shape index (κ3) is 4.32. The molecule has 8 heteroatoms. The second-order valence-electron chi connectivity index (χ2n) is 10.1. The summed E-state index contributed by atoms with van der Waals surface area (Å²) in [5.74, 6) is 3.09. The van der Waals surface area contributed by atoms with Crippen molar-refractivity contribution in [2.45, 2.75) is 45.4 Å². The Kier molecular flexibility index (Phi) is 6.35. The summed E-state index contributed by atoms with van der Waals surface area (Å²) in [5, 5.41) is 2.75. The first kappa shape index (κ1) is 23.3. The molecule has 7 nitrogen and oxygen atoms in total. The molecular weight excluding hydrogens is 452 g/mol. The summed E-state index contributed by atoms with van der Waals surface area (Å²) in [4.78, 5) is 40.1. The van der Waals surface area contributed by atoms with Crippen molar-refractivity contribution in [3.63, 3.8) is 0 Å². The molecule has 0 aromatic heterocycles. The Balaban J connectivity index is 1.19. The van der Waals surface area contributed by atoms with Gasteiger partial charge in [-0.05, 0) is 98.7 Å². The molecule has 1 heterocycles. The van der Waals surface area contributed by atoms with Gasteiger partial charge in [-0.15, -0.1) is 0 Å². The SMILES string of the molecule is CCOc1ccc(/C=C2\SC(=O)N(CCNC(=O)C34CC5CC(CC(C5)C3)C4)C2=O)cc1OC. The molecule has 0 unspecified atom stereocenters. The average molecular weight is 485 g/mol. The van der Waals surface area contributed by atoms with Gasteiger partial charge in [0.2, 0.25) is 5.91 Å². The standard InChI is InChI=1S/C26H32N2O5S/c1-3-33-20-5-4-16(11-21(20)32-2)12-22-23(29)28(25(31)34-22)7-6-27-24(30)26-13-17-8-18(14-26)10-19(9-17)15-26/h4-5,11-12,17-19H,3,6-10,13-15H2,1-2H3,(H,27,30)/b22-12-. The maximum absolute atomic E-state index is 13.1. The van der Waals surface area contributed by atoms with E-state index in [2.05, 4.69) is 5.32 Å². The zero-order chi connectivity index (χ0) is 23.9. The van der Waals surface area contributed by atoms with E-state index in [0.29, 0.717) is 47.3 Å².